The fourth-order valence-electron chi connectivity index (χ4n) is 0.0781. The summed E-state index contributed by atoms with van der Waals surface area (Å²) in [5, 5.41) is 8.01. The summed E-state index contributed by atoms with van der Waals surface area (Å²) in [6.07, 6.45) is 0. The van der Waals surface area contributed by atoms with Gasteiger partial charge < -0.3 is 10.8 Å². The number of rotatable bonds is 2. The molecule has 0 aromatic carbocycles. The fraction of sp³-hybridized carbons (Fsp3) is 0.667. The van der Waals surface area contributed by atoms with Crippen LogP contribution >= 0.6 is 12.6 Å². The number of carboxylic acid groups (broad SMARTS) is 1. The molecule has 3 N–H and O–H groups in total. The molecule has 0 bridgehead atoms. The fourth-order valence-corrected chi connectivity index (χ4v) is 0.234. The van der Waals surface area contributed by atoms with Gasteiger partial charge in [0.2, 0.25) is 0 Å². The van der Waals surface area contributed by atoms with Crippen molar-refractivity contribution in [3.05, 3.63) is 0 Å². The molecule has 0 fully saturated rings. The average molecular weight is 144 g/mol. The molecule has 0 aliphatic rings. The van der Waals surface area contributed by atoms with Crippen LogP contribution in [0.1, 0.15) is 0 Å². The summed E-state index contributed by atoms with van der Waals surface area (Å²) in [5.41, 5.74) is 4.94. The molecule has 0 spiro atoms. The van der Waals surface area contributed by atoms with Crippen molar-refractivity contribution >= 4 is 48.2 Å². The van der Waals surface area contributed by atoms with Crippen LogP contribution < -0.4 is 5.73 Å². The van der Waals surface area contributed by atoms with Crippen molar-refractivity contribution in [2.45, 2.75) is 6.04 Å². The Kier molecular flexibility index (Phi) is 8.54. The van der Waals surface area contributed by atoms with Crippen molar-refractivity contribution in [3.8, 4) is 0 Å². The molecule has 8 heavy (non-hydrogen) atoms. The maximum Gasteiger partial charge on any atom is 0.321 e. The zero-order chi connectivity index (χ0) is 5.86. The number of thiol groups is 1. The minimum atomic E-state index is -1.00. The van der Waals surface area contributed by atoms with E-state index < -0.39 is 12.0 Å². The minimum absolute atomic E-state index is 0. The van der Waals surface area contributed by atoms with Gasteiger partial charge in [0.25, 0.3) is 0 Å². The van der Waals surface area contributed by atoms with Crippen molar-refractivity contribution in [2.24, 2.45) is 5.73 Å². The Bertz CT molecular complexity index is 79.7. The van der Waals surface area contributed by atoms with Gasteiger partial charge in [-0.1, -0.05) is 0 Å². The first-order valence-corrected chi connectivity index (χ1v) is 2.41. The van der Waals surface area contributed by atoms with Crippen molar-refractivity contribution in [3.63, 3.8) is 0 Å². The van der Waals surface area contributed by atoms with E-state index in [1.807, 2.05) is 0 Å². The van der Waals surface area contributed by atoms with Crippen LogP contribution in [-0.2, 0) is 4.79 Å². The first-order chi connectivity index (χ1) is 3.18. The third kappa shape index (κ3) is 4.93. The second kappa shape index (κ2) is 5.91. The van der Waals surface area contributed by atoms with E-state index >= 15 is 0 Å². The van der Waals surface area contributed by atoms with Crippen LogP contribution in [0.3, 0.4) is 0 Å². The van der Waals surface area contributed by atoms with Crippen LogP contribution in [0.5, 0.6) is 0 Å². The SMILES string of the molecule is N[C@@H](CS)C(=O)O.[Na]. The Morgan fingerprint density at radius 1 is 1.88 bits per heavy atom. The minimum Gasteiger partial charge on any atom is -0.480 e. The molecule has 0 saturated heterocycles. The summed E-state index contributed by atoms with van der Waals surface area (Å²) in [4.78, 5) is 9.76. The second-order valence-corrected chi connectivity index (χ2v) is 1.49. The monoisotopic (exact) mass is 144 g/mol. The molecule has 0 amide bonds. The van der Waals surface area contributed by atoms with Crippen LogP contribution in [0.25, 0.3) is 0 Å². The largest absolute Gasteiger partial charge is 0.480 e. The van der Waals surface area contributed by atoms with Gasteiger partial charge in [-0.15, -0.1) is 0 Å². The average Bonchev–Trinajstić information content (AvgIpc) is 1.65. The molecule has 1 atom stereocenters. The maximum absolute atomic E-state index is 9.76. The van der Waals surface area contributed by atoms with Crippen LogP contribution in [0.4, 0.5) is 0 Å². The van der Waals surface area contributed by atoms with Crippen molar-refractivity contribution in [2.75, 3.05) is 5.75 Å². The number of carboxylic acids is 1. The third-order valence-electron chi connectivity index (χ3n) is 0.514. The number of nitrogens with two attached hydrogens (primary N) is 1. The second-order valence-electron chi connectivity index (χ2n) is 1.13. The van der Waals surface area contributed by atoms with Gasteiger partial charge in [0, 0.05) is 35.3 Å². The van der Waals surface area contributed by atoms with Gasteiger partial charge in [0.15, 0.2) is 0 Å². The van der Waals surface area contributed by atoms with Crippen molar-refractivity contribution in [1.29, 1.82) is 0 Å². The topological polar surface area (TPSA) is 63.3 Å². The molecular formula is C3H7NNaO2S. The van der Waals surface area contributed by atoms with Gasteiger partial charge in [-0.25, -0.2) is 0 Å². The van der Waals surface area contributed by atoms with Crippen LogP contribution in [0.2, 0.25) is 0 Å². The molecule has 0 saturated carbocycles. The van der Waals surface area contributed by atoms with Gasteiger partial charge in [-0.2, -0.15) is 12.6 Å². The molecule has 0 heterocycles. The van der Waals surface area contributed by atoms with E-state index in [1.165, 1.54) is 0 Å². The van der Waals surface area contributed by atoms with Crippen molar-refractivity contribution in [1.82, 2.24) is 0 Å². The van der Waals surface area contributed by atoms with E-state index in [2.05, 4.69) is 12.6 Å². The predicted molar refractivity (Wildman–Crippen MR) is 35.2 cm³/mol. The molecule has 0 aliphatic carbocycles. The Morgan fingerprint density at radius 3 is 2.25 bits per heavy atom. The van der Waals surface area contributed by atoms with Gasteiger partial charge in [-0.3, -0.25) is 4.79 Å². The number of hydrogen-bond acceptors (Lipinski definition) is 3. The molecular weight excluding hydrogens is 137 g/mol. The standard InChI is InChI=1S/C3H7NO2S.Na/c4-2(1-7)3(5)6;/h2,7H,1,4H2,(H,5,6);/t2-;/m0./s1. The molecule has 5 heteroatoms. The molecule has 43 valence electrons. The summed E-state index contributed by atoms with van der Waals surface area (Å²) >= 11 is 3.65. The Balaban J connectivity index is 0. The number of hydrogen-bond donors (Lipinski definition) is 3. The third-order valence-corrected chi connectivity index (χ3v) is 0.907. The molecule has 0 aliphatic heterocycles. The summed E-state index contributed by atoms with van der Waals surface area (Å²) in [7, 11) is 0. The van der Waals surface area contributed by atoms with Crippen LogP contribution in [0, 0.1) is 0 Å². The summed E-state index contributed by atoms with van der Waals surface area (Å²) < 4.78 is 0. The van der Waals surface area contributed by atoms with Crippen LogP contribution in [0.15, 0.2) is 0 Å². The van der Waals surface area contributed by atoms with E-state index in [0.29, 0.717) is 0 Å². The zero-order valence-corrected chi connectivity index (χ0v) is 7.56. The summed E-state index contributed by atoms with van der Waals surface area (Å²) in [6, 6.07) is -0.816. The Morgan fingerprint density at radius 2 is 2.25 bits per heavy atom. The Hall–Kier alpha value is 0.780. The first kappa shape index (κ1) is 11.6. The van der Waals surface area contributed by atoms with E-state index in [0.717, 1.165) is 0 Å². The zero-order valence-electron chi connectivity index (χ0n) is 4.66. The predicted octanol–water partition coefficient (Wildman–Crippen LogP) is -1.05. The number of carbonyl (C=O) groups is 1. The molecule has 3 nitrogen and oxygen atoms in total. The Labute approximate surface area is 75.3 Å². The molecule has 0 aromatic rings. The summed E-state index contributed by atoms with van der Waals surface area (Å²) in [5.74, 6) is -0.815. The normalized spacial score (nSPS) is 11.8. The van der Waals surface area contributed by atoms with E-state index in [4.69, 9.17) is 10.8 Å². The summed E-state index contributed by atoms with van der Waals surface area (Å²) in [6.45, 7) is 0. The van der Waals surface area contributed by atoms with Crippen LogP contribution in [-0.4, -0.2) is 52.4 Å². The van der Waals surface area contributed by atoms with E-state index in [9.17, 15) is 4.79 Å². The molecule has 0 unspecified atom stereocenters. The smallest absolute Gasteiger partial charge is 0.321 e. The molecule has 1 radical (unpaired) electrons. The van der Waals surface area contributed by atoms with E-state index in [1.54, 1.807) is 0 Å². The quantitative estimate of drug-likeness (QED) is 0.342. The van der Waals surface area contributed by atoms with Crippen molar-refractivity contribution < 1.29 is 9.90 Å². The molecule has 0 aromatic heterocycles. The van der Waals surface area contributed by atoms with Gasteiger partial charge in [0.1, 0.15) is 6.04 Å². The van der Waals surface area contributed by atoms with Gasteiger partial charge in [0.05, 0.1) is 0 Å². The molecule has 0 rings (SSSR count). The number of aliphatic carboxylic acids is 1. The maximum atomic E-state index is 9.76. The van der Waals surface area contributed by atoms with Gasteiger partial charge in [-0.05, 0) is 0 Å². The first-order valence-electron chi connectivity index (χ1n) is 1.77. The van der Waals surface area contributed by atoms with Gasteiger partial charge >= 0.3 is 5.97 Å². The van der Waals surface area contributed by atoms with E-state index in [-0.39, 0.29) is 35.3 Å².